The van der Waals surface area contributed by atoms with Crippen LogP contribution in [0.2, 0.25) is 5.02 Å². The lowest BCUT2D eigenvalue weighted by Gasteiger charge is -2.11. The highest BCUT2D eigenvalue weighted by Gasteiger charge is 2.13. The number of aryl methyl sites for hydroxylation is 1. The molecule has 0 saturated heterocycles. The molecule has 0 atom stereocenters. The maximum Gasteiger partial charge on any atom is 0.306 e. The van der Waals surface area contributed by atoms with Crippen molar-refractivity contribution < 1.29 is 28.5 Å². The molecule has 0 aromatic heterocycles. The van der Waals surface area contributed by atoms with Crippen molar-refractivity contribution in [3.8, 4) is 17.2 Å². The van der Waals surface area contributed by atoms with Crippen LogP contribution in [0, 0.1) is 6.92 Å². The van der Waals surface area contributed by atoms with Gasteiger partial charge in [0.15, 0.2) is 18.1 Å². The molecule has 3 rings (SSSR count). The van der Waals surface area contributed by atoms with Crippen molar-refractivity contribution in [3.05, 3.63) is 47.0 Å². The largest absolute Gasteiger partial charge is 0.493 e. The molecule has 0 radical (unpaired) electrons. The molecule has 0 bridgehead atoms. The molecular formula is C22H24ClNO6. The molecule has 160 valence electrons. The first kappa shape index (κ1) is 21.8. The van der Waals surface area contributed by atoms with Crippen LogP contribution in [0.15, 0.2) is 36.4 Å². The van der Waals surface area contributed by atoms with Gasteiger partial charge in [0.25, 0.3) is 5.91 Å². The van der Waals surface area contributed by atoms with E-state index in [1.807, 2.05) is 13.0 Å². The van der Waals surface area contributed by atoms with E-state index in [0.717, 1.165) is 17.7 Å². The highest BCUT2D eigenvalue weighted by atomic mass is 35.5. The van der Waals surface area contributed by atoms with Gasteiger partial charge < -0.3 is 24.3 Å². The summed E-state index contributed by atoms with van der Waals surface area (Å²) in [6.45, 7) is 3.06. The zero-order chi connectivity index (χ0) is 21.3. The van der Waals surface area contributed by atoms with Gasteiger partial charge in [0.2, 0.25) is 0 Å². The van der Waals surface area contributed by atoms with Crippen molar-refractivity contribution in [1.82, 2.24) is 0 Å². The summed E-state index contributed by atoms with van der Waals surface area (Å²) in [6, 6.07) is 10.5. The predicted octanol–water partition coefficient (Wildman–Crippen LogP) is 4.15. The van der Waals surface area contributed by atoms with Crippen molar-refractivity contribution >= 4 is 29.2 Å². The summed E-state index contributed by atoms with van der Waals surface area (Å²) in [7, 11) is 0. The van der Waals surface area contributed by atoms with Crippen molar-refractivity contribution in [2.75, 3.05) is 31.7 Å². The molecule has 0 spiro atoms. The van der Waals surface area contributed by atoms with Crippen LogP contribution in [0.1, 0.15) is 24.8 Å². The summed E-state index contributed by atoms with van der Waals surface area (Å²) in [6.07, 6.45) is 1.44. The molecular weight excluding hydrogens is 410 g/mol. The van der Waals surface area contributed by atoms with E-state index in [1.165, 1.54) is 0 Å². The smallest absolute Gasteiger partial charge is 0.306 e. The van der Waals surface area contributed by atoms with Gasteiger partial charge in [-0.05, 0) is 49.2 Å². The van der Waals surface area contributed by atoms with Crippen LogP contribution in [0.3, 0.4) is 0 Å². The number of anilines is 1. The van der Waals surface area contributed by atoms with Gasteiger partial charge in [-0.2, -0.15) is 0 Å². The second kappa shape index (κ2) is 10.7. The van der Waals surface area contributed by atoms with E-state index in [9.17, 15) is 9.59 Å². The fraction of sp³-hybridized carbons (Fsp3) is 0.364. The molecule has 0 saturated carbocycles. The third-order valence-electron chi connectivity index (χ3n) is 4.32. The number of carbonyl (C=O) groups is 2. The van der Waals surface area contributed by atoms with Crippen molar-refractivity contribution in [3.63, 3.8) is 0 Å². The molecule has 1 aliphatic rings. The molecule has 1 heterocycles. The minimum atomic E-state index is -0.458. The minimum Gasteiger partial charge on any atom is -0.493 e. The third-order valence-corrected chi connectivity index (χ3v) is 4.55. The summed E-state index contributed by atoms with van der Waals surface area (Å²) < 4.78 is 21.8. The lowest BCUT2D eigenvalue weighted by atomic mass is 10.2. The second-order valence-corrected chi connectivity index (χ2v) is 7.22. The molecule has 0 unspecified atom stereocenters. The molecule has 8 heteroatoms. The first-order valence-corrected chi connectivity index (χ1v) is 10.1. The summed E-state index contributed by atoms with van der Waals surface area (Å²) in [4.78, 5) is 23.9. The molecule has 1 amide bonds. The number of rotatable bonds is 8. The minimum absolute atomic E-state index is 0.157. The first-order valence-electron chi connectivity index (χ1n) is 9.75. The van der Waals surface area contributed by atoms with E-state index in [2.05, 4.69) is 5.32 Å². The molecule has 1 aliphatic heterocycles. The lowest BCUT2D eigenvalue weighted by molar-refractivity contribution is -0.147. The number of ether oxygens (including phenoxy) is 4. The van der Waals surface area contributed by atoms with Gasteiger partial charge in [-0.3, -0.25) is 9.59 Å². The van der Waals surface area contributed by atoms with Gasteiger partial charge in [-0.15, -0.1) is 0 Å². The van der Waals surface area contributed by atoms with Crippen LogP contribution in [-0.4, -0.2) is 38.3 Å². The Morgan fingerprint density at radius 3 is 2.70 bits per heavy atom. The van der Waals surface area contributed by atoms with Crippen LogP contribution in [0.4, 0.5) is 5.69 Å². The Hall–Kier alpha value is -2.93. The van der Waals surface area contributed by atoms with E-state index in [4.69, 9.17) is 30.5 Å². The monoisotopic (exact) mass is 433 g/mol. The fourth-order valence-corrected chi connectivity index (χ4v) is 3.06. The second-order valence-electron chi connectivity index (χ2n) is 6.78. The number of esters is 1. The van der Waals surface area contributed by atoms with Gasteiger partial charge in [-0.25, -0.2) is 0 Å². The lowest BCUT2D eigenvalue weighted by Crippen LogP contribution is -2.21. The normalized spacial score (nSPS) is 12.6. The zero-order valence-electron chi connectivity index (χ0n) is 16.7. The van der Waals surface area contributed by atoms with Crippen LogP contribution in [0.25, 0.3) is 0 Å². The number of benzene rings is 2. The van der Waals surface area contributed by atoms with E-state index in [1.54, 1.807) is 30.3 Å². The van der Waals surface area contributed by atoms with E-state index >= 15 is 0 Å². The number of halogens is 1. The first-order chi connectivity index (χ1) is 14.5. The Morgan fingerprint density at radius 2 is 1.90 bits per heavy atom. The summed E-state index contributed by atoms with van der Waals surface area (Å²) in [5.74, 6) is 1.07. The number of fused-ring (bicyclic) bond motifs is 1. The SMILES string of the molecule is Cc1cc(Cl)ccc1OCCCC(=O)OCC(=O)Nc1ccc2c(c1)OCCCO2. The third kappa shape index (κ3) is 6.56. The molecule has 0 aliphatic carbocycles. The van der Waals surface area contributed by atoms with E-state index in [-0.39, 0.29) is 13.0 Å². The maximum atomic E-state index is 12.0. The van der Waals surface area contributed by atoms with Crippen molar-refractivity contribution in [1.29, 1.82) is 0 Å². The molecule has 2 aromatic carbocycles. The van der Waals surface area contributed by atoms with Crippen molar-refractivity contribution in [2.45, 2.75) is 26.2 Å². The zero-order valence-corrected chi connectivity index (χ0v) is 17.5. The Balaban J connectivity index is 1.35. The maximum absolute atomic E-state index is 12.0. The Morgan fingerprint density at radius 1 is 1.10 bits per heavy atom. The Bertz CT molecular complexity index is 901. The predicted molar refractivity (Wildman–Crippen MR) is 113 cm³/mol. The summed E-state index contributed by atoms with van der Waals surface area (Å²) >= 11 is 5.91. The molecule has 7 nitrogen and oxygen atoms in total. The van der Waals surface area contributed by atoms with Crippen LogP contribution in [-0.2, 0) is 14.3 Å². The van der Waals surface area contributed by atoms with Crippen LogP contribution >= 0.6 is 11.6 Å². The Kier molecular flexibility index (Phi) is 7.79. The van der Waals surface area contributed by atoms with Crippen molar-refractivity contribution in [2.24, 2.45) is 0 Å². The number of hydrogen-bond donors (Lipinski definition) is 1. The van der Waals surface area contributed by atoms with Crippen LogP contribution in [0.5, 0.6) is 17.2 Å². The molecule has 2 aromatic rings. The van der Waals surface area contributed by atoms with Gasteiger partial charge in [0.05, 0.1) is 19.8 Å². The summed E-state index contributed by atoms with van der Waals surface area (Å²) in [5, 5.41) is 3.33. The highest BCUT2D eigenvalue weighted by molar-refractivity contribution is 6.30. The van der Waals surface area contributed by atoms with Gasteiger partial charge >= 0.3 is 5.97 Å². The average Bonchev–Trinajstić information content (AvgIpc) is 2.96. The van der Waals surface area contributed by atoms with Crippen LogP contribution < -0.4 is 19.5 Å². The highest BCUT2D eigenvalue weighted by Crippen LogP contribution is 2.32. The number of nitrogens with one attached hydrogen (secondary N) is 1. The van der Waals surface area contributed by atoms with Gasteiger partial charge in [-0.1, -0.05) is 11.6 Å². The molecule has 30 heavy (non-hydrogen) atoms. The van der Waals surface area contributed by atoms with E-state index in [0.29, 0.717) is 48.5 Å². The fourth-order valence-electron chi connectivity index (χ4n) is 2.83. The molecule has 0 fully saturated rings. The van der Waals surface area contributed by atoms with Gasteiger partial charge in [0.1, 0.15) is 5.75 Å². The van der Waals surface area contributed by atoms with E-state index < -0.39 is 11.9 Å². The standard InChI is InChI=1S/C22H24ClNO6/c1-15-12-16(23)5-7-18(15)27-9-2-4-22(26)30-14-21(25)24-17-6-8-19-20(13-17)29-11-3-10-28-19/h5-8,12-13H,2-4,9-11,14H2,1H3,(H,24,25). The quantitative estimate of drug-likeness (QED) is 0.497. The number of hydrogen-bond acceptors (Lipinski definition) is 6. The Labute approximate surface area is 180 Å². The number of amides is 1. The molecule has 1 N–H and O–H groups in total. The topological polar surface area (TPSA) is 83.1 Å². The average molecular weight is 434 g/mol. The number of carbonyl (C=O) groups excluding carboxylic acids is 2. The van der Waals surface area contributed by atoms with Gasteiger partial charge in [0, 0.05) is 29.6 Å². The summed E-state index contributed by atoms with van der Waals surface area (Å²) in [5.41, 5.74) is 1.48.